The molecule has 2 aliphatic rings. The summed E-state index contributed by atoms with van der Waals surface area (Å²) >= 11 is 0. The first-order valence-electron chi connectivity index (χ1n) is 10.5. The molecule has 2 aliphatic heterocycles. The first kappa shape index (κ1) is 21.8. The predicted octanol–water partition coefficient (Wildman–Crippen LogP) is 1.57. The number of rotatable bonds is 6. The predicted molar refractivity (Wildman–Crippen MR) is 117 cm³/mol. The first-order valence-corrected chi connectivity index (χ1v) is 11.9. The molecule has 2 atom stereocenters. The van der Waals surface area contributed by atoms with Gasteiger partial charge in [-0.25, -0.2) is 19.3 Å². The zero-order valence-corrected chi connectivity index (χ0v) is 18.3. The second-order valence-corrected chi connectivity index (χ2v) is 9.84. The highest BCUT2D eigenvalue weighted by atomic mass is 32.2. The van der Waals surface area contributed by atoms with Gasteiger partial charge < -0.3 is 10.1 Å². The number of sulfonamides is 1. The van der Waals surface area contributed by atoms with Crippen LogP contribution in [0.3, 0.4) is 0 Å². The van der Waals surface area contributed by atoms with Crippen LogP contribution in [-0.4, -0.2) is 50.9 Å². The third-order valence-electron chi connectivity index (χ3n) is 5.92. The maximum absolute atomic E-state index is 12.9. The van der Waals surface area contributed by atoms with Crippen molar-refractivity contribution in [1.82, 2.24) is 20.5 Å². The molecule has 0 bridgehead atoms. The van der Waals surface area contributed by atoms with Gasteiger partial charge in [0.05, 0.1) is 12.0 Å². The molecule has 2 unspecified atom stereocenters. The summed E-state index contributed by atoms with van der Waals surface area (Å²) < 4.78 is 32.3. The molecule has 2 aromatic rings. The van der Waals surface area contributed by atoms with E-state index in [4.69, 9.17) is 4.74 Å². The van der Waals surface area contributed by atoms with E-state index in [0.29, 0.717) is 38.1 Å². The van der Waals surface area contributed by atoms with Gasteiger partial charge in [0.2, 0.25) is 15.9 Å². The Balaban J connectivity index is 1.28. The number of nitrogens with zero attached hydrogens (tertiary/aromatic N) is 1. The lowest BCUT2D eigenvalue weighted by Crippen LogP contribution is -2.51. The van der Waals surface area contributed by atoms with E-state index in [1.807, 2.05) is 30.3 Å². The molecule has 0 aromatic heterocycles. The normalized spacial score (nSPS) is 22.9. The summed E-state index contributed by atoms with van der Waals surface area (Å²) in [5, 5.41) is 3.08. The molecule has 2 saturated heterocycles. The fourth-order valence-corrected chi connectivity index (χ4v) is 5.54. The fraction of sp³-hybridized carbons (Fsp3) is 0.409. The highest BCUT2D eigenvalue weighted by Crippen LogP contribution is 2.24. The molecular weight excluding hydrogens is 416 g/mol. The van der Waals surface area contributed by atoms with Crippen molar-refractivity contribution in [2.75, 3.05) is 20.2 Å². The minimum Gasteiger partial charge on any atom is -0.497 e. The molecule has 2 heterocycles. The minimum absolute atomic E-state index is 0.0348. The molecule has 166 valence electrons. The Hall–Kier alpha value is -2.46. The molecule has 0 radical (unpaired) electrons. The van der Waals surface area contributed by atoms with Gasteiger partial charge in [0.15, 0.2) is 0 Å². The van der Waals surface area contributed by atoms with Crippen LogP contribution in [0.4, 0.5) is 0 Å². The lowest BCUT2D eigenvalue weighted by atomic mass is 10.0. The number of carbonyl (C=O) groups is 1. The average Bonchev–Trinajstić information content (AvgIpc) is 3.31. The molecule has 2 aromatic carbocycles. The molecule has 1 amide bonds. The number of hydrazine groups is 1. The van der Waals surface area contributed by atoms with Crippen LogP contribution in [0.1, 0.15) is 30.9 Å². The van der Waals surface area contributed by atoms with Gasteiger partial charge in [-0.05, 0) is 49.1 Å². The molecule has 3 N–H and O–H groups in total. The lowest BCUT2D eigenvalue weighted by molar-refractivity contribution is -0.123. The number of benzene rings is 2. The Morgan fingerprint density at radius 2 is 1.71 bits per heavy atom. The van der Waals surface area contributed by atoms with Crippen molar-refractivity contribution < 1.29 is 17.9 Å². The molecule has 2 fully saturated rings. The standard InChI is InChI=1S/C22H28N4O4S/c1-30-18-7-9-19(10-8-18)31(28,29)26-13-11-17(12-14-26)23-22(27)21-15-20(24-25-21)16-5-3-2-4-6-16/h2-10,17,20-21,24-25H,11-15H2,1H3,(H,23,27). The summed E-state index contributed by atoms with van der Waals surface area (Å²) in [6.45, 7) is 0.755. The maximum atomic E-state index is 12.9. The lowest BCUT2D eigenvalue weighted by Gasteiger charge is -2.32. The van der Waals surface area contributed by atoms with Crippen LogP contribution in [0.2, 0.25) is 0 Å². The van der Waals surface area contributed by atoms with E-state index in [1.165, 1.54) is 4.31 Å². The molecule has 0 spiro atoms. The number of hydrogen-bond donors (Lipinski definition) is 3. The number of carbonyl (C=O) groups excluding carboxylic acids is 1. The van der Waals surface area contributed by atoms with Gasteiger partial charge in [-0.15, -0.1) is 0 Å². The average molecular weight is 445 g/mol. The van der Waals surface area contributed by atoms with Gasteiger partial charge in [0.25, 0.3) is 0 Å². The van der Waals surface area contributed by atoms with Crippen molar-refractivity contribution >= 4 is 15.9 Å². The molecule has 8 nitrogen and oxygen atoms in total. The summed E-state index contributed by atoms with van der Waals surface area (Å²) in [5.74, 6) is 0.562. The summed E-state index contributed by atoms with van der Waals surface area (Å²) in [7, 11) is -2.01. The molecule has 31 heavy (non-hydrogen) atoms. The topological polar surface area (TPSA) is 99.8 Å². The van der Waals surface area contributed by atoms with Crippen molar-refractivity contribution in [2.45, 2.75) is 42.3 Å². The third kappa shape index (κ3) is 4.90. The van der Waals surface area contributed by atoms with Gasteiger partial charge in [0, 0.05) is 25.2 Å². The second-order valence-electron chi connectivity index (χ2n) is 7.90. The van der Waals surface area contributed by atoms with Crippen LogP contribution in [0.25, 0.3) is 0 Å². The maximum Gasteiger partial charge on any atom is 0.243 e. The quantitative estimate of drug-likeness (QED) is 0.626. The highest BCUT2D eigenvalue weighted by Gasteiger charge is 2.33. The van der Waals surface area contributed by atoms with Crippen molar-refractivity contribution in [3.05, 3.63) is 60.2 Å². The molecule has 9 heteroatoms. The van der Waals surface area contributed by atoms with E-state index < -0.39 is 10.0 Å². The Morgan fingerprint density at radius 1 is 1.03 bits per heavy atom. The number of nitrogens with one attached hydrogen (secondary N) is 3. The van der Waals surface area contributed by atoms with Crippen LogP contribution in [0.15, 0.2) is 59.5 Å². The smallest absolute Gasteiger partial charge is 0.243 e. The van der Waals surface area contributed by atoms with E-state index >= 15 is 0 Å². The number of piperidine rings is 1. The Labute approximate surface area is 183 Å². The van der Waals surface area contributed by atoms with Gasteiger partial charge >= 0.3 is 0 Å². The van der Waals surface area contributed by atoms with E-state index in [9.17, 15) is 13.2 Å². The zero-order valence-electron chi connectivity index (χ0n) is 17.5. The Morgan fingerprint density at radius 3 is 2.35 bits per heavy atom. The van der Waals surface area contributed by atoms with E-state index in [1.54, 1.807) is 31.4 Å². The number of ether oxygens (including phenoxy) is 1. The zero-order chi connectivity index (χ0) is 21.8. The van der Waals surface area contributed by atoms with Crippen LogP contribution >= 0.6 is 0 Å². The van der Waals surface area contributed by atoms with Gasteiger partial charge in [-0.2, -0.15) is 4.31 Å². The monoisotopic (exact) mass is 444 g/mol. The molecule has 0 aliphatic carbocycles. The van der Waals surface area contributed by atoms with Gasteiger partial charge in [-0.3, -0.25) is 4.79 Å². The Bertz CT molecular complexity index is 990. The summed E-state index contributed by atoms with van der Waals surface area (Å²) in [5.41, 5.74) is 7.41. The summed E-state index contributed by atoms with van der Waals surface area (Å²) in [4.78, 5) is 12.9. The van der Waals surface area contributed by atoms with Crippen LogP contribution in [0.5, 0.6) is 5.75 Å². The van der Waals surface area contributed by atoms with Crippen molar-refractivity contribution in [3.8, 4) is 5.75 Å². The summed E-state index contributed by atoms with van der Waals surface area (Å²) in [6, 6.07) is 16.2. The fourth-order valence-electron chi connectivity index (χ4n) is 4.07. The molecule has 4 rings (SSSR count). The van der Waals surface area contributed by atoms with Crippen LogP contribution in [0, 0.1) is 0 Å². The van der Waals surface area contributed by atoms with Crippen molar-refractivity contribution in [3.63, 3.8) is 0 Å². The van der Waals surface area contributed by atoms with Crippen molar-refractivity contribution in [2.24, 2.45) is 0 Å². The highest BCUT2D eigenvalue weighted by molar-refractivity contribution is 7.89. The SMILES string of the molecule is COc1ccc(S(=O)(=O)N2CCC(NC(=O)C3CC(c4ccccc4)NN3)CC2)cc1. The van der Waals surface area contributed by atoms with Gasteiger partial charge in [0.1, 0.15) is 11.8 Å². The molecule has 0 saturated carbocycles. The minimum atomic E-state index is -3.55. The number of methoxy groups -OCH3 is 1. The van der Waals surface area contributed by atoms with E-state index in [0.717, 1.165) is 5.56 Å². The van der Waals surface area contributed by atoms with Gasteiger partial charge in [-0.1, -0.05) is 30.3 Å². The first-order chi connectivity index (χ1) is 15.0. The van der Waals surface area contributed by atoms with Crippen LogP contribution in [-0.2, 0) is 14.8 Å². The van der Waals surface area contributed by atoms with Crippen LogP contribution < -0.4 is 20.9 Å². The summed E-state index contributed by atoms with van der Waals surface area (Å²) in [6.07, 6.45) is 1.84. The third-order valence-corrected chi connectivity index (χ3v) is 7.83. The Kier molecular flexibility index (Phi) is 6.57. The van der Waals surface area contributed by atoms with E-state index in [2.05, 4.69) is 16.2 Å². The second kappa shape index (κ2) is 9.35. The van der Waals surface area contributed by atoms with E-state index in [-0.39, 0.29) is 28.9 Å². The molecular formula is C22H28N4O4S. The largest absolute Gasteiger partial charge is 0.497 e. The van der Waals surface area contributed by atoms with Crippen molar-refractivity contribution in [1.29, 1.82) is 0 Å². The number of amides is 1. The number of hydrogen-bond acceptors (Lipinski definition) is 6.